The molecule has 8 heavy (non-hydrogen) atoms. The molecular formula is C7H12K. The van der Waals surface area contributed by atoms with Crippen LogP contribution in [0.2, 0.25) is 0 Å². The van der Waals surface area contributed by atoms with Crippen LogP contribution in [-0.4, -0.2) is 51.4 Å². The fraction of sp³-hybridized carbons (Fsp3) is 0.714. The van der Waals surface area contributed by atoms with Gasteiger partial charge < -0.3 is 0 Å². The predicted molar refractivity (Wildman–Crippen MR) is 38.4 cm³/mol. The van der Waals surface area contributed by atoms with Gasteiger partial charge in [-0.3, -0.25) is 0 Å². The second-order valence-corrected chi connectivity index (χ2v) is 1.63. The summed E-state index contributed by atoms with van der Waals surface area (Å²) in [5.74, 6) is 2.35. The molecule has 0 aliphatic rings. The average molecular weight is 135 g/mol. The summed E-state index contributed by atoms with van der Waals surface area (Å²) >= 11 is 0. The van der Waals surface area contributed by atoms with E-state index < -0.39 is 0 Å². The molecule has 41 valence electrons. The van der Waals surface area contributed by atoms with Crippen LogP contribution in [0.3, 0.4) is 0 Å². The van der Waals surface area contributed by atoms with Crippen molar-refractivity contribution in [1.29, 1.82) is 0 Å². The van der Waals surface area contributed by atoms with Crippen molar-refractivity contribution in [1.82, 2.24) is 0 Å². The van der Waals surface area contributed by atoms with E-state index in [9.17, 15) is 0 Å². The summed E-state index contributed by atoms with van der Waals surface area (Å²) in [6.07, 6.45) is 11.0. The maximum absolute atomic E-state index is 6.53. The van der Waals surface area contributed by atoms with E-state index in [0.29, 0.717) is 0 Å². The molecule has 0 unspecified atom stereocenters. The zero-order valence-corrected chi connectivity index (χ0v) is 4.83. The second-order valence-electron chi connectivity index (χ2n) is 1.63. The topological polar surface area (TPSA) is 0 Å². The van der Waals surface area contributed by atoms with Crippen LogP contribution in [0.4, 0.5) is 0 Å². The minimum atomic E-state index is 0. The molecule has 0 fully saturated rings. The van der Waals surface area contributed by atoms with Crippen LogP contribution in [0, 0.1) is 12.3 Å². The number of hydrogen-bond acceptors (Lipinski definition) is 0. The van der Waals surface area contributed by atoms with Crippen LogP contribution >= 0.6 is 0 Å². The SMILES string of the molecule is [C]#CCCCCC.[KH]. The zero-order valence-electron chi connectivity index (χ0n) is 4.83. The standard InChI is InChI=1S/C7H11.K.H/c1-3-5-7-6-4-2;;/h3,5-7H2,1H3;;. The Morgan fingerprint density at radius 1 is 1.38 bits per heavy atom. The van der Waals surface area contributed by atoms with Gasteiger partial charge >= 0.3 is 51.4 Å². The molecule has 0 aromatic rings. The Bertz CT molecular complexity index is 61.3. The van der Waals surface area contributed by atoms with Crippen molar-refractivity contribution in [3.63, 3.8) is 0 Å². The van der Waals surface area contributed by atoms with Gasteiger partial charge in [-0.1, -0.05) is 25.7 Å². The van der Waals surface area contributed by atoms with E-state index in [-0.39, 0.29) is 51.4 Å². The predicted octanol–water partition coefficient (Wildman–Crippen LogP) is 1.51. The van der Waals surface area contributed by atoms with E-state index in [0.717, 1.165) is 12.8 Å². The Kier molecular flexibility index (Phi) is 16.5. The number of hydrogen-bond donors (Lipinski definition) is 0. The van der Waals surface area contributed by atoms with Crippen LogP contribution in [0.5, 0.6) is 0 Å². The average Bonchev–Trinajstić information content (AvgIpc) is 1.69. The van der Waals surface area contributed by atoms with Gasteiger partial charge in [0.2, 0.25) is 0 Å². The van der Waals surface area contributed by atoms with Gasteiger partial charge in [-0.05, 0) is 12.8 Å². The van der Waals surface area contributed by atoms with E-state index in [1.165, 1.54) is 12.8 Å². The Labute approximate surface area is 94.9 Å². The van der Waals surface area contributed by atoms with Crippen molar-refractivity contribution in [3.05, 3.63) is 6.42 Å². The second kappa shape index (κ2) is 11.1. The summed E-state index contributed by atoms with van der Waals surface area (Å²) in [5.41, 5.74) is 0. The van der Waals surface area contributed by atoms with E-state index >= 15 is 0 Å². The van der Waals surface area contributed by atoms with Crippen molar-refractivity contribution in [2.75, 3.05) is 0 Å². The van der Waals surface area contributed by atoms with E-state index in [2.05, 4.69) is 12.8 Å². The first-order valence-electron chi connectivity index (χ1n) is 2.81. The van der Waals surface area contributed by atoms with Gasteiger partial charge in [-0.2, -0.15) is 0 Å². The molecule has 0 saturated carbocycles. The quantitative estimate of drug-likeness (QED) is 0.312. The maximum atomic E-state index is 6.53. The van der Waals surface area contributed by atoms with Gasteiger partial charge in [0.1, 0.15) is 0 Å². The Morgan fingerprint density at radius 2 is 2.00 bits per heavy atom. The molecule has 0 aliphatic carbocycles. The summed E-state index contributed by atoms with van der Waals surface area (Å²) in [6, 6.07) is 0. The molecule has 1 heteroatoms. The van der Waals surface area contributed by atoms with E-state index in [4.69, 9.17) is 6.42 Å². The first-order valence-corrected chi connectivity index (χ1v) is 2.81. The molecule has 0 saturated heterocycles. The molecule has 0 N–H and O–H groups in total. The van der Waals surface area contributed by atoms with Gasteiger partial charge in [0, 0.05) is 6.42 Å². The first kappa shape index (κ1) is 11.9. The van der Waals surface area contributed by atoms with Gasteiger partial charge in [0.25, 0.3) is 0 Å². The normalized spacial score (nSPS) is 7.00. The third-order valence-corrected chi connectivity index (χ3v) is 0.905. The van der Waals surface area contributed by atoms with Crippen molar-refractivity contribution < 1.29 is 0 Å². The molecule has 0 rings (SSSR count). The van der Waals surface area contributed by atoms with Gasteiger partial charge in [0.15, 0.2) is 0 Å². The molecule has 0 spiro atoms. The van der Waals surface area contributed by atoms with Gasteiger partial charge in [-0.25, -0.2) is 0 Å². The third-order valence-electron chi connectivity index (χ3n) is 0.905. The van der Waals surface area contributed by atoms with Crippen LogP contribution in [0.15, 0.2) is 0 Å². The first-order chi connectivity index (χ1) is 3.41. The molecule has 0 amide bonds. The van der Waals surface area contributed by atoms with Crippen molar-refractivity contribution >= 4 is 51.4 Å². The Hall–Kier alpha value is 1.20. The summed E-state index contributed by atoms with van der Waals surface area (Å²) < 4.78 is 0. The summed E-state index contributed by atoms with van der Waals surface area (Å²) in [5, 5.41) is 0. The molecule has 0 nitrogen and oxygen atoms in total. The van der Waals surface area contributed by atoms with Crippen molar-refractivity contribution in [2.45, 2.75) is 32.6 Å². The van der Waals surface area contributed by atoms with Crippen LogP contribution in [0.1, 0.15) is 32.6 Å². The van der Waals surface area contributed by atoms with Gasteiger partial charge in [0.05, 0.1) is 0 Å². The summed E-state index contributed by atoms with van der Waals surface area (Å²) in [4.78, 5) is 0. The molecule has 0 aliphatic heterocycles. The summed E-state index contributed by atoms with van der Waals surface area (Å²) in [6.45, 7) is 2.16. The number of unbranched alkanes of at least 4 members (excludes halogenated alkanes) is 3. The molecule has 1 radical (unpaired) electrons. The van der Waals surface area contributed by atoms with Crippen LogP contribution < -0.4 is 0 Å². The zero-order chi connectivity index (χ0) is 5.54. The van der Waals surface area contributed by atoms with Crippen LogP contribution in [-0.2, 0) is 0 Å². The third kappa shape index (κ3) is 10.2. The molecule has 0 bridgehead atoms. The minimum absolute atomic E-state index is 0. The van der Waals surface area contributed by atoms with Crippen molar-refractivity contribution in [2.24, 2.45) is 0 Å². The van der Waals surface area contributed by atoms with Gasteiger partial charge in [-0.15, -0.1) is 0 Å². The Balaban J connectivity index is 0. The Morgan fingerprint density at radius 3 is 2.38 bits per heavy atom. The number of rotatable bonds is 3. The molecular weight excluding hydrogens is 123 g/mol. The molecule has 0 heterocycles. The molecule has 0 atom stereocenters. The fourth-order valence-electron chi connectivity index (χ4n) is 0.463. The van der Waals surface area contributed by atoms with Crippen molar-refractivity contribution in [3.8, 4) is 5.92 Å². The van der Waals surface area contributed by atoms with E-state index in [1.807, 2.05) is 0 Å². The molecule has 0 aromatic heterocycles. The monoisotopic (exact) mass is 135 g/mol. The fourth-order valence-corrected chi connectivity index (χ4v) is 0.463. The molecule has 0 aromatic carbocycles. The van der Waals surface area contributed by atoms with Crippen LogP contribution in [0.25, 0.3) is 0 Å². The van der Waals surface area contributed by atoms with E-state index in [1.54, 1.807) is 0 Å². The summed E-state index contributed by atoms with van der Waals surface area (Å²) in [7, 11) is 0.